The van der Waals surface area contributed by atoms with Crippen LogP contribution in [-0.2, 0) is 0 Å². The minimum atomic E-state index is -0.0804. The lowest BCUT2D eigenvalue weighted by molar-refractivity contribution is 0.101. The lowest BCUT2D eigenvalue weighted by Gasteiger charge is -2.07. The van der Waals surface area contributed by atoms with Gasteiger partial charge in [-0.3, -0.25) is 4.79 Å². The molecule has 0 saturated heterocycles. The van der Waals surface area contributed by atoms with Gasteiger partial charge >= 0.3 is 0 Å². The van der Waals surface area contributed by atoms with Gasteiger partial charge in [0.15, 0.2) is 5.78 Å². The summed E-state index contributed by atoms with van der Waals surface area (Å²) in [6, 6.07) is 15.9. The maximum atomic E-state index is 11.5. The highest BCUT2D eigenvalue weighted by molar-refractivity contribution is 6.02. The maximum Gasteiger partial charge on any atom is 0.160 e. The molecule has 0 aliphatic rings. The first-order chi connectivity index (χ1) is 7.70. The second-order valence-electron chi connectivity index (χ2n) is 3.46. The van der Waals surface area contributed by atoms with Gasteiger partial charge in [-0.1, -0.05) is 30.3 Å². The lowest BCUT2D eigenvalue weighted by atomic mass is 9.97. The Morgan fingerprint density at radius 2 is 2.06 bits per heavy atom. The van der Waals surface area contributed by atoms with Crippen LogP contribution in [-0.4, -0.2) is 10.9 Å². The van der Waals surface area contributed by atoms with Gasteiger partial charge in [0.25, 0.3) is 0 Å². The molecule has 0 fully saturated rings. The SMILES string of the molecule is CC(=O)c1cccc(O)c1-c1c#cccc1. The molecule has 0 radical (unpaired) electrons. The number of hydrogen-bond acceptors (Lipinski definition) is 2. The molecule has 16 heavy (non-hydrogen) atoms. The minimum absolute atomic E-state index is 0.0804. The number of carbonyl (C=O) groups excluding carboxylic acids is 1. The fraction of sp³-hybridized carbons (Fsp3) is 0.0714. The van der Waals surface area contributed by atoms with Crippen molar-refractivity contribution in [2.24, 2.45) is 0 Å². The first-order valence-electron chi connectivity index (χ1n) is 4.92. The molecule has 0 aliphatic heterocycles. The van der Waals surface area contributed by atoms with Crippen molar-refractivity contribution < 1.29 is 9.90 Å². The number of Topliss-reactive ketones (excluding diaryl/α,β-unsaturated/α-hetero) is 1. The molecule has 0 atom stereocenters. The first kappa shape index (κ1) is 10.3. The van der Waals surface area contributed by atoms with E-state index in [1.54, 1.807) is 36.4 Å². The van der Waals surface area contributed by atoms with E-state index in [0.717, 1.165) is 0 Å². The van der Waals surface area contributed by atoms with Gasteiger partial charge in [0.2, 0.25) is 0 Å². The average Bonchev–Trinajstić information content (AvgIpc) is 2.29. The van der Waals surface area contributed by atoms with Crippen LogP contribution < -0.4 is 0 Å². The normalized spacial score (nSPS) is 9.56. The molecule has 0 aliphatic carbocycles. The van der Waals surface area contributed by atoms with Crippen molar-refractivity contribution in [3.05, 3.63) is 54.1 Å². The highest BCUT2D eigenvalue weighted by atomic mass is 16.3. The van der Waals surface area contributed by atoms with Gasteiger partial charge < -0.3 is 5.11 Å². The summed E-state index contributed by atoms with van der Waals surface area (Å²) in [6.07, 6.45) is 0. The average molecular weight is 210 g/mol. The van der Waals surface area contributed by atoms with E-state index in [0.29, 0.717) is 16.7 Å². The fourth-order valence-corrected chi connectivity index (χ4v) is 1.62. The van der Waals surface area contributed by atoms with Gasteiger partial charge in [0, 0.05) is 16.7 Å². The third-order valence-corrected chi connectivity index (χ3v) is 2.34. The molecule has 0 unspecified atom stereocenters. The smallest absolute Gasteiger partial charge is 0.160 e. The van der Waals surface area contributed by atoms with Crippen molar-refractivity contribution in [1.29, 1.82) is 0 Å². The molecule has 2 rings (SSSR count). The van der Waals surface area contributed by atoms with Crippen LogP contribution in [0.15, 0.2) is 36.4 Å². The van der Waals surface area contributed by atoms with E-state index in [2.05, 4.69) is 12.1 Å². The number of benzene rings is 1. The quantitative estimate of drug-likeness (QED) is 0.774. The largest absolute Gasteiger partial charge is 0.507 e. The second-order valence-corrected chi connectivity index (χ2v) is 3.46. The number of ketones is 1. The molecular formula is C14H10O2. The van der Waals surface area contributed by atoms with E-state index in [9.17, 15) is 9.90 Å². The monoisotopic (exact) mass is 210 g/mol. The van der Waals surface area contributed by atoms with Gasteiger partial charge in [-0.25, -0.2) is 0 Å². The molecule has 0 bridgehead atoms. The van der Waals surface area contributed by atoms with E-state index >= 15 is 0 Å². The minimum Gasteiger partial charge on any atom is -0.507 e. The number of carbonyl (C=O) groups is 1. The summed E-state index contributed by atoms with van der Waals surface area (Å²) < 4.78 is 0. The lowest BCUT2D eigenvalue weighted by Crippen LogP contribution is -1.95. The van der Waals surface area contributed by atoms with Crippen molar-refractivity contribution in [3.8, 4) is 16.9 Å². The zero-order chi connectivity index (χ0) is 11.5. The highest BCUT2D eigenvalue weighted by Crippen LogP contribution is 2.31. The van der Waals surface area contributed by atoms with Crippen molar-refractivity contribution in [3.63, 3.8) is 0 Å². The third-order valence-electron chi connectivity index (χ3n) is 2.34. The Morgan fingerprint density at radius 3 is 2.69 bits per heavy atom. The maximum absolute atomic E-state index is 11.5. The Morgan fingerprint density at radius 1 is 1.25 bits per heavy atom. The molecular weight excluding hydrogens is 200 g/mol. The molecule has 2 aromatic carbocycles. The number of aromatic hydroxyl groups is 1. The zero-order valence-corrected chi connectivity index (χ0v) is 8.82. The van der Waals surface area contributed by atoms with Crippen LogP contribution in [0.2, 0.25) is 0 Å². The van der Waals surface area contributed by atoms with Crippen LogP contribution in [0.1, 0.15) is 17.3 Å². The molecule has 2 aromatic rings. The van der Waals surface area contributed by atoms with E-state index in [4.69, 9.17) is 0 Å². The molecule has 0 saturated carbocycles. The van der Waals surface area contributed by atoms with Crippen LogP contribution >= 0.6 is 0 Å². The van der Waals surface area contributed by atoms with Crippen LogP contribution in [0.25, 0.3) is 11.1 Å². The summed E-state index contributed by atoms with van der Waals surface area (Å²) in [5, 5.41) is 9.81. The molecule has 0 spiro atoms. The summed E-state index contributed by atoms with van der Waals surface area (Å²) in [6.45, 7) is 1.48. The van der Waals surface area contributed by atoms with Crippen molar-refractivity contribution in [2.75, 3.05) is 0 Å². The molecule has 2 heteroatoms. The van der Waals surface area contributed by atoms with Crippen LogP contribution in [0.5, 0.6) is 5.75 Å². The van der Waals surface area contributed by atoms with Gasteiger partial charge in [0.05, 0.1) is 0 Å². The number of phenols is 1. The van der Waals surface area contributed by atoms with Crippen LogP contribution in [0.3, 0.4) is 0 Å². The van der Waals surface area contributed by atoms with Crippen molar-refractivity contribution >= 4 is 5.78 Å². The fourth-order valence-electron chi connectivity index (χ4n) is 1.62. The molecule has 1 N–H and O–H groups in total. The Hall–Kier alpha value is -2.27. The Kier molecular flexibility index (Phi) is 2.61. The summed E-state index contributed by atoms with van der Waals surface area (Å²) in [5.74, 6) is 0.00621. The number of rotatable bonds is 2. The van der Waals surface area contributed by atoms with E-state index in [1.807, 2.05) is 0 Å². The number of hydrogen-bond donors (Lipinski definition) is 1. The van der Waals surface area contributed by atoms with E-state index in [1.165, 1.54) is 6.92 Å². The predicted octanol–water partition coefficient (Wildman–Crippen LogP) is 2.86. The van der Waals surface area contributed by atoms with Crippen molar-refractivity contribution in [1.82, 2.24) is 0 Å². The second kappa shape index (κ2) is 4.08. The van der Waals surface area contributed by atoms with Gasteiger partial charge in [-0.2, -0.15) is 0 Å². The Balaban J connectivity index is 2.68. The van der Waals surface area contributed by atoms with E-state index in [-0.39, 0.29) is 11.5 Å². The molecule has 0 amide bonds. The Bertz CT molecular complexity index is 516. The van der Waals surface area contributed by atoms with E-state index < -0.39 is 0 Å². The molecule has 2 nitrogen and oxygen atoms in total. The molecule has 0 aromatic heterocycles. The van der Waals surface area contributed by atoms with Gasteiger partial charge in [-0.05, 0) is 25.1 Å². The number of phenolic OH excluding ortho intramolecular Hbond substituents is 1. The summed E-state index contributed by atoms with van der Waals surface area (Å²) in [4.78, 5) is 11.5. The Labute approximate surface area is 94.2 Å². The van der Waals surface area contributed by atoms with Crippen LogP contribution in [0.4, 0.5) is 0 Å². The molecule has 0 heterocycles. The molecule has 78 valence electrons. The summed E-state index contributed by atoms with van der Waals surface area (Å²) in [5.41, 5.74) is 1.69. The standard InChI is InChI=1S/C14H10O2/c1-10(15)12-8-5-9-13(16)14(12)11-6-3-2-4-7-11/h2-3,5-6,8-9,16H,1H3. The van der Waals surface area contributed by atoms with Gasteiger partial charge in [0.1, 0.15) is 5.75 Å². The zero-order valence-electron chi connectivity index (χ0n) is 8.82. The van der Waals surface area contributed by atoms with Crippen molar-refractivity contribution in [2.45, 2.75) is 6.92 Å². The summed E-state index contributed by atoms with van der Waals surface area (Å²) >= 11 is 0. The topological polar surface area (TPSA) is 37.3 Å². The highest BCUT2D eigenvalue weighted by Gasteiger charge is 2.12. The van der Waals surface area contributed by atoms with Crippen LogP contribution in [0, 0.1) is 12.1 Å². The summed E-state index contributed by atoms with van der Waals surface area (Å²) in [7, 11) is 0. The van der Waals surface area contributed by atoms with Gasteiger partial charge in [-0.15, -0.1) is 0 Å². The predicted molar refractivity (Wildman–Crippen MR) is 61.2 cm³/mol. The third kappa shape index (κ3) is 1.76. The first-order valence-corrected chi connectivity index (χ1v) is 4.92.